The summed E-state index contributed by atoms with van der Waals surface area (Å²) in [6.45, 7) is 3.85. The van der Waals surface area contributed by atoms with Crippen LogP contribution in [0.2, 0.25) is 0 Å². The molecule has 2 amide bonds. The predicted molar refractivity (Wildman–Crippen MR) is 97.8 cm³/mol. The van der Waals surface area contributed by atoms with Gasteiger partial charge in [0.15, 0.2) is 0 Å². The molecule has 0 bridgehead atoms. The van der Waals surface area contributed by atoms with E-state index in [9.17, 15) is 4.79 Å². The van der Waals surface area contributed by atoms with Gasteiger partial charge in [-0.1, -0.05) is 34.1 Å². The second-order valence-corrected chi connectivity index (χ2v) is 6.19. The maximum atomic E-state index is 13.0. The molecule has 0 spiro atoms. The fourth-order valence-corrected chi connectivity index (χ4v) is 2.50. The van der Waals surface area contributed by atoms with E-state index in [-0.39, 0.29) is 6.03 Å². The largest absolute Gasteiger partial charge is 0.353 e. The number of hydrogen-bond acceptors (Lipinski definition) is 2. The van der Waals surface area contributed by atoms with Crippen LogP contribution in [0.3, 0.4) is 0 Å². The zero-order valence-corrected chi connectivity index (χ0v) is 14.5. The average Bonchev–Trinajstić information content (AvgIpc) is 2.68. The molecule has 0 N–H and O–H groups in total. The standard InChI is InChI=1S/C18H16BrN3O/c1-13-12-21(16-10-8-15(19)9-11-16)18(23)22(20-14(13)2)17-6-4-3-5-7-17/h3-12H,1-2H3. The van der Waals surface area contributed by atoms with Crippen molar-refractivity contribution in [3.05, 3.63) is 70.8 Å². The van der Waals surface area contributed by atoms with Gasteiger partial charge in [-0.05, 0) is 55.8 Å². The van der Waals surface area contributed by atoms with E-state index in [0.29, 0.717) is 0 Å². The molecular weight excluding hydrogens is 354 g/mol. The van der Waals surface area contributed by atoms with Crippen LogP contribution in [0.5, 0.6) is 0 Å². The molecule has 0 fully saturated rings. The van der Waals surface area contributed by atoms with Crippen molar-refractivity contribution in [1.82, 2.24) is 0 Å². The molecule has 0 unspecified atom stereocenters. The lowest BCUT2D eigenvalue weighted by Gasteiger charge is -2.24. The monoisotopic (exact) mass is 369 g/mol. The molecule has 2 aromatic carbocycles. The van der Waals surface area contributed by atoms with E-state index < -0.39 is 0 Å². The molecule has 3 rings (SSSR count). The van der Waals surface area contributed by atoms with Crippen LogP contribution in [-0.4, -0.2) is 11.7 Å². The van der Waals surface area contributed by atoms with Crippen molar-refractivity contribution in [3.63, 3.8) is 0 Å². The van der Waals surface area contributed by atoms with Gasteiger partial charge in [0.2, 0.25) is 0 Å². The number of halogens is 1. The molecule has 0 saturated heterocycles. The minimum atomic E-state index is -0.213. The zero-order valence-electron chi connectivity index (χ0n) is 12.9. The lowest BCUT2D eigenvalue weighted by molar-refractivity contribution is 0.253. The molecule has 4 nitrogen and oxygen atoms in total. The van der Waals surface area contributed by atoms with Crippen molar-refractivity contribution >= 4 is 39.0 Å². The highest BCUT2D eigenvalue weighted by Gasteiger charge is 2.25. The molecule has 1 aliphatic heterocycles. The van der Waals surface area contributed by atoms with E-state index in [4.69, 9.17) is 0 Å². The van der Waals surface area contributed by atoms with Crippen molar-refractivity contribution in [3.8, 4) is 0 Å². The van der Waals surface area contributed by atoms with E-state index in [1.54, 1.807) is 4.90 Å². The van der Waals surface area contributed by atoms with Crippen LogP contribution < -0.4 is 9.91 Å². The minimum Gasteiger partial charge on any atom is -0.268 e. The van der Waals surface area contributed by atoms with E-state index in [0.717, 1.165) is 27.1 Å². The van der Waals surface area contributed by atoms with Crippen LogP contribution in [0, 0.1) is 0 Å². The zero-order chi connectivity index (χ0) is 16.4. The van der Waals surface area contributed by atoms with Gasteiger partial charge in [-0.3, -0.25) is 4.90 Å². The van der Waals surface area contributed by atoms with Gasteiger partial charge in [0, 0.05) is 10.7 Å². The van der Waals surface area contributed by atoms with Crippen molar-refractivity contribution in [2.45, 2.75) is 13.8 Å². The maximum Gasteiger partial charge on any atom is 0.353 e. The summed E-state index contributed by atoms with van der Waals surface area (Å²) in [6.07, 6.45) is 1.83. The van der Waals surface area contributed by atoms with Crippen molar-refractivity contribution < 1.29 is 4.79 Å². The van der Waals surface area contributed by atoms with Crippen LogP contribution in [0.4, 0.5) is 16.2 Å². The second kappa shape index (κ2) is 6.38. The quantitative estimate of drug-likeness (QED) is 0.718. The molecule has 5 heteroatoms. The number of urea groups is 1. The Balaban J connectivity index is 2.07. The Kier molecular flexibility index (Phi) is 4.30. The van der Waals surface area contributed by atoms with Crippen molar-refractivity contribution in [2.24, 2.45) is 5.10 Å². The van der Waals surface area contributed by atoms with Gasteiger partial charge in [0.25, 0.3) is 0 Å². The van der Waals surface area contributed by atoms with Crippen molar-refractivity contribution in [1.29, 1.82) is 0 Å². The van der Waals surface area contributed by atoms with Gasteiger partial charge < -0.3 is 0 Å². The van der Waals surface area contributed by atoms with Gasteiger partial charge in [0.05, 0.1) is 17.1 Å². The van der Waals surface area contributed by atoms with Crippen LogP contribution >= 0.6 is 15.9 Å². The predicted octanol–water partition coefficient (Wildman–Crippen LogP) is 5.18. The van der Waals surface area contributed by atoms with Crippen molar-refractivity contribution in [2.75, 3.05) is 9.91 Å². The first-order valence-electron chi connectivity index (χ1n) is 7.24. The van der Waals surface area contributed by atoms with E-state index in [1.807, 2.05) is 74.6 Å². The molecule has 0 aliphatic carbocycles. The smallest absolute Gasteiger partial charge is 0.268 e. The SMILES string of the molecule is CC1=CN(c2ccc(Br)cc2)C(=O)N(c2ccccc2)N=C1C. The minimum absolute atomic E-state index is 0.213. The Labute approximate surface area is 143 Å². The highest BCUT2D eigenvalue weighted by Crippen LogP contribution is 2.26. The van der Waals surface area contributed by atoms with Gasteiger partial charge in [0.1, 0.15) is 0 Å². The van der Waals surface area contributed by atoms with Crippen LogP contribution in [0.1, 0.15) is 13.8 Å². The number of amides is 2. The third-order valence-electron chi connectivity index (χ3n) is 3.64. The Morgan fingerprint density at radius 2 is 1.57 bits per heavy atom. The highest BCUT2D eigenvalue weighted by molar-refractivity contribution is 9.10. The van der Waals surface area contributed by atoms with E-state index >= 15 is 0 Å². The lowest BCUT2D eigenvalue weighted by Crippen LogP contribution is -2.36. The van der Waals surface area contributed by atoms with E-state index in [2.05, 4.69) is 21.0 Å². The number of carbonyl (C=O) groups is 1. The van der Waals surface area contributed by atoms with Crippen LogP contribution in [0.25, 0.3) is 0 Å². The van der Waals surface area contributed by atoms with Gasteiger partial charge >= 0.3 is 6.03 Å². The fraction of sp³-hybridized carbons (Fsp3) is 0.111. The fourth-order valence-electron chi connectivity index (χ4n) is 2.24. The van der Waals surface area contributed by atoms with Gasteiger partial charge in [-0.25, -0.2) is 4.79 Å². The van der Waals surface area contributed by atoms with Gasteiger partial charge in [-0.2, -0.15) is 10.1 Å². The number of benzene rings is 2. The van der Waals surface area contributed by atoms with Crippen LogP contribution in [0.15, 0.2) is 75.9 Å². The summed E-state index contributed by atoms with van der Waals surface area (Å²) in [5.41, 5.74) is 3.28. The Bertz CT molecular complexity index is 782. The Morgan fingerprint density at radius 3 is 2.22 bits per heavy atom. The molecule has 0 radical (unpaired) electrons. The first-order valence-corrected chi connectivity index (χ1v) is 8.03. The Morgan fingerprint density at radius 1 is 0.913 bits per heavy atom. The Hall–Kier alpha value is -2.40. The summed E-state index contributed by atoms with van der Waals surface area (Å²) in [5.74, 6) is 0. The summed E-state index contributed by atoms with van der Waals surface area (Å²) in [5, 5.41) is 5.92. The summed E-state index contributed by atoms with van der Waals surface area (Å²) in [7, 11) is 0. The number of hydrazone groups is 1. The number of carbonyl (C=O) groups excluding carboxylic acids is 1. The lowest BCUT2D eigenvalue weighted by atomic mass is 10.2. The molecule has 1 heterocycles. The molecular formula is C18H16BrN3O. The molecule has 0 aromatic heterocycles. The summed E-state index contributed by atoms with van der Waals surface area (Å²) < 4.78 is 0.969. The number of para-hydroxylation sites is 1. The molecule has 0 saturated carbocycles. The second-order valence-electron chi connectivity index (χ2n) is 5.27. The number of nitrogens with zero attached hydrogens (tertiary/aromatic N) is 3. The van der Waals surface area contributed by atoms with Crippen LogP contribution in [-0.2, 0) is 0 Å². The third-order valence-corrected chi connectivity index (χ3v) is 4.16. The van der Waals surface area contributed by atoms with E-state index in [1.165, 1.54) is 5.01 Å². The molecule has 23 heavy (non-hydrogen) atoms. The molecule has 2 aromatic rings. The number of rotatable bonds is 2. The first kappa shape index (κ1) is 15.5. The molecule has 0 atom stereocenters. The first-order chi connectivity index (χ1) is 11.1. The topological polar surface area (TPSA) is 35.9 Å². The number of allylic oxidation sites excluding steroid dienone is 1. The summed E-state index contributed by atoms with van der Waals surface area (Å²) in [6, 6.07) is 16.8. The van der Waals surface area contributed by atoms with Gasteiger partial charge in [-0.15, -0.1) is 0 Å². The number of hydrogen-bond donors (Lipinski definition) is 0. The normalized spacial score (nSPS) is 15.2. The number of anilines is 2. The summed E-state index contributed by atoms with van der Waals surface area (Å²) in [4.78, 5) is 14.6. The highest BCUT2D eigenvalue weighted by atomic mass is 79.9. The average molecular weight is 370 g/mol. The maximum absolute atomic E-state index is 13.0. The summed E-state index contributed by atoms with van der Waals surface area (Å²) >= 11 is 3.42. The third kappa shape index (κ3) is 3.19. The molecule has 1 aliphatic rings. The molecule has 116 valence electrons.